The molecule has 1 heterocycles. The molecule has 1 rings (SSSR count). The van der Waals surface area contributed by atoms with E-state index in [-0.39, 0.29) is 6.42 Å². The number of methoxy groups -OCH3 is 1. The molecule has 0 aliphatic carbocycles. The molecular formula is C8H9N3O3. The second-order valence-electron chi connectivity index (χ2n) is 2.54. The fourth-order valence-electron chi connectivity index (χ4n) is 0.986. The van der Waals surface area contributed by atoms with E-state index in [0.29, 0.717) is 5.69 Å². The second kappa shape index (κ2) is 4.94. The van der Waals surface area contributed by atoms with Crippen LogP contribution in [0.5, 0.6) is 0 Å². The van der Waals surface area contributed by atoms with Gasteiger partial charge in [0.15, 0.2) is 6.04 Å². The van der Waals surface area contributed by atoms with E-state index in [1.807, 2.05) is 0 Å². The smallest absolute Gasteiger partial charge is 0.331 e. The summed E-state index contributed by atoms with van der Waals surface area (Å²) in [5.41, 5.74) is 0.708. The van der Waals surface area contributed by atoms with Crippen LogP contribution in [0.4, 0.5) is 0 Å². The van der Waals surface area contributed by atoms with E-state index in [1.165, 1.54) is 19.5 Å². The highest BCUT2D eigenvalue weighted by Crippen LogP contribution is 2.03. The van der Waals surface area contributed by atoms with Crippen molar-refractivity contribution in [1.29, 1.82) is 0 Å². The fraction of sp³-hybridized carbons (Fsp3) is 0.375. The molecular weight excluding hydrogens is 186 g/mol. The number of hydrogen-bond donors (Lipinski definition) is 1. The van der Waals surface area contributed by atoms with Crippen LogP contribution in [0, 0.1) is 0 Å². The van der Waals surface area contributed by atoms with Crippen molar-refractivity contribution in [3.63, 3.8) is 0 Å². The first kappa shape index (κ1) is 10.1. The van der Waals surface area contributed by atoms with E-state index in [9.17, 15) is 9.59 Å². The summed E-state index contributed by atoms with van der Waals surface area (Å²) in [6, 6.07) is -0.849. The number of aliphatic imine (C=N–C) groups is 1. The van der Waals surface area contributed by atoms with Gasteiger partial charge in [0.1, 0.15) is 0 Å². The first-order chi connectivity index (χ1) is 6.77. The lowest BCUT2D eigenvalue weighted by atomic mass is 10.2. The number of hydrogen-bond acceptors (Lipinski definition) is 5. The van der Waals surface area contributed by atoms with Gasteiger partial charge in [-0.05, 0) is 0 Å². The monoisotopic (exact) mass is 195 g/mol. The highest BCUT2D eigenvalue weighted by Gasteiger charge is 2.19. The molecule has 1 atom stereocenters. The lowest BCUT2D eigenvalue weighted by molar-refractivity contribution is -0.142. The Balaban J connectivity index is 2.69. The number of carbonyl (C=O) groups is 1. The normalized spacial score (nSPS) is 11.5. The summed E-state index contributed by atoms with van der Waals surface area (Å²) in [6.07, 6.45) is 4.62. The Bertz CT molecular complexity index is 341. The van der Waals surface area contributed by atoms with Crippen molar-refractivity contribution in [2.75, 3.05) is 7.11 Å². The van der Waals surface area contributed by atoms with Crippen molar-refractivity contribution < 1.29 is 14.3 Å². The van der Waals surface area contributed by atoms with Crippen molar-refractivity contribution in [3.05, 3.63) is 18.2 Å². The number of nitrogens with zero attached hydrogens (tertiary/aromatic N) is 2. The predicted octanol–water partition coefficient (Wildman–Crippen LogP) is -0.170. The van der Waals surface area contributed by atoms with Gasteiger partial charge >= 0.3 is 5.97 Å². The maximum Gasteiger partial charge on any atom is 0.331 e. The Morgan fingerprint density at radius 3 is 3.14 bits per heavy atom. The van der Waals surface area contributed by atoms with Gasteiger partial charge in [0, 0.05) is 18.3 Å². The van der Waals surface area contributed by atoms with Crippen molar-refractivity contribution in [2.45, 2.75) is 12.5 Å². The van der Waals surface area contributed by atoms with Crippen LogP contribution in [-0.4, -0.2) is 35.2 Å². The van der Waals surface area contributed by atoms with Gasteiger partial charge in [0.05, 0.1) is 13.4 Å². The summed E-state index contributed by atoms with van der Waals surface area (Å²) in [5.74, 6) is -0.567. The van der Waals surface area contributed by atoms with Gasteiger partial charge in [-0.25, -0.2) is 14.6 Å². The van der Waals surface area contributed by atoms with E-state index < -0.39 is 12.0 Å². The van der Waals surface area contributed by atoms with Gasteiger partial charge in [-0.2, -0.15) is 4.99 Å². The van der Waals surface area contributed by atoms with E-state index in [1.54, 1.807) is 6.20 Å². The van der Waals surface area contributed by atoms with Gasteiger partial charge in [0.2, 0.25) is 6.08 Å². The van der Waals surface area contributed by atoms with Crippen LogP contribution in [0.3, 0.4) is 0 Å². The molecule has 1 N–H and O–H groups in total. The Morgan fingerprint density at radius 2 is 2.64 bits per heavy atom. The number of H-pyrrole nitrogens is 1. The first-order valence-electron chi connectivity index (χ1n) is 3.90. The number of nitrogens with one attached hydrogen (secondary N) is 1. The highest BCUT2D eigenvalue weighted by molar-refractivity contribution is 5.77. The van der Waals surface area contributed by atoms with Crippen LogP contribution in [0.1, 0.15) is 5.69 Å². The van der Waals surface area contributed by atoms with E-state index in [4.69, 9.17) is 0 Å². The molecule has 0 unspecified atom stereocenters. The topological polar surface area (TPSA) is 84.4 Å². The molecule has 0 amide bonds. The largest absolute Gasteiger partial charge is 0.467 e. The number of ether oxygens (including phenoxy) is 1. The molecule has 1 aromatic heterocycles. The molecule has 14 heavy (non-hydrogen) atoms. The zero-order chi connectivity index (χ0) is 10.4. The number of isocyanates is 1. The second-order valence-corrected chi connectivity index (χ2v) is 2.54. The number of carbonyl (C=O) groups excluding carboxylic acids is 2. The summed E-state index contributed by atoms with van der Waals surface area (Å²) in [7, 11) is 1.24. The molecule has 0 saturated heterocycles. The van der Waals surface area contributed by atoms with Gasteiger partial charge in [-0.3, -0.25) is 0 Å². The predicted molar refractivity (Wildman–Crippen MR) is 46.2 cm³/mol. The minimum atomic E-state index is -0.849. The Hall–Kier alpha value is -1.94. The number of rotatable bonds is 4. The van der Waals surface area contributed by atoms with Gasteiger partial charge in [-0.1, -0.05) is 0 Å². The quantitative estimate of drug-likeness (QED) is 0.410. The SMILES string of the molecule is COC(=O)[C@H](Cc1cnc[nH]1)N=C=O. The lowest BCUT2D eigenvalue weighted by Gasteiger charge is -2.05. The molecule has 0 fully saturated rings. The highest BCUT2D eigenvalue weighted by atomic mass is 16.5. The fourth-order valence-corrected chi connectivity index (χ4v) is 0.986. The van der Waals surface area contributed by atoms with Crippen LogP contribution in [0.25, 0.3) is 0 Å². The average Bonchev–Trinajstić information content (AvgIpc) is 2.68. The Labute approximate surface area is 80.0 Å². The summed E-state index contributed by atoms with van der Waals surface area (Å²) >= 11 is 0. The van der Waals surface area contributed by atoms with E-state index in [2.05, 4.69) is 19.7 Å². The molecule has 0 saturated carbocycles. The molecule has 6 nitrogen and oxygen atoms in total. The van der Waals surface area contributed by atoms with Crippen LogP contribution >= 0.6 is 0 Å². The number of aromatic amines is 1. The summed E-state index contributed by atoms with van der Waals surface area (Å²) in [6.45, 7) is 0. The van der Waals surface area contributed by atoms with Gasteiger partial charge in [0.25, 0.3) is 0 Å². The maximum atomic E-state index is 11.1. The van der Waals surface area contributed by atoms with Crippen LogP contribution in [-0.2, 0) is 20.7 Å². The standard InChI is InChI=1S/C8H9N3O3/c1-14-8(13)7(11-5-12)2-6-3-9-4-10-6/h3-4,7H,2H2,1H3,(H,9,10)/t7-/m0/s1. The number of esters is 1. The van der Waals surface area contributed by atoms with Gasteiger partial charge in [-0.15, -0.1) is 0 Å². The zero-order valence-electron chi connectivity index (χ0n) is 7.56. The number of imidazole rings is 1. The average molecular weight is 195 g/mol. The molecule has 74 valence electrons. The molecule has 0 aromatic carbocycles. The third-order valence-electron chi connectivity index (χ3n) is 1.65. The Kier molecular flexibility index (Phi) is 3.58. The summed E-state index contributed by atoms with van der Waals surface area (Å²) in [5, 5.41) is 0. The zero-order valence-corrected chi connectivity index (χ0v) is 7.56. The first-order valence-corrected chi connectivity index (χ1v) is 3.90. The van der Waals surface area contributed by atoms with E-state index >= 15 is 0 Å². The maximum absolute atomic E-state index is 11.1. The third-order valence-corrected chi connectivity index (χ3v) is 1.65. The number of aromatic nitrogens is 2. The summed E-state index contributed by atoms with van der Waals surface area (Å²) in [4.78, 5) is 31.0. The Morgan fingerprint density at radius 1 is 1.86 bits per heavy atom. The molecule has 0 bridgehead atoms. The molecule has 1 aromatic rings. The lowest BCUT2D eigenvalue weighted by Crippen LogP contribution is -2.22. The van der Waals surface area contributed by atoms with Crippen molar-refractivity contribution in [1.82, 2.24) is 9.97 Å². The molecule has 0 radical (unpaired) electrons. The molecule has 6 heteroatoms. The van der Waals surface area contributed by atoms with Crippen molar-refractivity contribution in [3.8, 4) is 0 Å². The minimum absolute atomic E-state index is 0.252. The molecule has 0 aliphatic rings. The summed E-state index contributed by atoms with van der Waals surface area (Å²) < 4.78 is 4.47. The van der Waals surface area contributed by atoms with Gasteiger partial charge < -0.3 is 9.72 Å². The third kappa shape index (κ3) is 2.53. The minimum Gasteiger partial charge on any atom is -0.467 e. The molecule has 0 aliphatic heterocycles. The van der Waals surface area contributed by atoms with E-state index in [0.717, 1.165) is 0 Å². The van der Waals surface area contributed by atoms with Crippen molar-refractivity contribution in [2.24, 2.45) is 4.99 Å². The van der Waals surface area contributed by atoms with Crippen LogP contribution in [0.2, 0.25) is 0 Å². The van der Waals surface area contributed by atoms with Crippen LogP contribution < -0.4 is 0 Å². The van der Waals surface area contributed by atoms with Crippen LogP contribution in [0.15, 0.2) is 17.5 Å². The van der Waals surface area contributed by atoms with Crippen molar-refractivity contribution >= 4 is 12.0 Å². The molecule has 0 spiro atoms.